The molecule has 0 bridgehead atoms. The fraction of sp³-hybridized carbons (Fsp3) is 0.125. The number of halogens is 1. The first-order valence-corrected chi connectivity index (χ1v) is 10.7. The third-order valence-electron chi connectivity index (χ3n) is 4.85. The molecule has 0 atom stereocenters. The second kappa shape index (κ2) is 9.23. The molecule has 6 nitrogen and oxygen atoms in total. The van der Waals surface area contributed by atoms with Gasteiger partial charge in [-0.05, 0) is 72.3 Å². The Morgan fingerprint density at radius 1 is 1.06 bits per heavy atom. The van der Waals surface area contributed by atoms with Crippen LogP contribution in [0, 0.1) is 5.82 Å². The summed E-state index contributed by atoms with van der Waals surface area (Å²) in [5, 5.41) is 2.17. The van der Waals surface area contributed by atoms with Gasteiger partial charge in [0, 0.05) is 17.3 Å². The van der Waals surface area contributed by atoms with Gasteiger partial charge in [-0.2, -0.15) is 0 Å². The molecule has 1 aliphatic rings. The third-order valence-corrected chi connectivity index (χ3v) is 5.76. The number of carbonyl (C=O) groups excluding carboxylic acids is 3. The number of nitrogens with one attached hydrogen (secondary N) is 1. The van der Waals surface area contributed by atoms with E-state index in [9.17, 15) is 18.8 Å². The Bertz CT molecular complexity index is 1200. The third kappa shape index (κ3) is 4.81. The van der Waals surface area contributed by atoms with Crippen LogP contribution >= 0.6 is 11.8 Å². The number of rotatable bonds is 6. The smallest absolute Gasteiger partial charge is 0.294 e. The molecule has 1 aliphatic heterocycles. The normalized spacial score (nSPS) is 14.9. The largest absolute Gasteiger partial charge is 0.457 e. The monoisotopic (exact) mass is 450 g/mol. The first kappa shape index (κ1) is 21.6. The van der Waals surface area contributed by atoms with Crippen LogP contribution in [-0.2, 0) is 16.0 Å². The van der Waals surface area contributed by atoms with Gasteiger partial charge in [-0.3, -0.25) is 19.3 Å². The molecular weight excluding hydrogens is 431 g/mol. The number of carbonyl (C=O) groups is 3. The summed E-state index contributed by atoms with van der Waals surface area (Å²) in [5.41, 5.74) is 2.42. The van der Waals surface area contributed by atoms with E-state index in [0.717, 1.165) is 28.6 Å². The van der Waals surface area contributed by atoms with Gasteiger partial charge in [0.1, 0.15) is 23.9 Å². The highest BCUT2D eigenvalue weighted by Gasteiger charge is 2.36. The van der Waals surface area contributed by atoms with E-state index in [1.54, 1.807) is 36.4 Å². The molecular formula is C24H19FN2O4S. The van der Waals surface area contributed by atoms with Crippen LogP contribution in [0.1, 0.15) is 18.2 Å². The molecule has 0 spiro atoms. The van der Waals surface area contributed by atoms with Crippen LogP contribution in [0.4, 0.5) is 14.9 Å². The summed E-state index contributed by atoms with van der Waals surface area (Å²) < 4.78 is 18.8. The minimum Gasteiger partial charge on any atom is -0.457 e. The lowest BCUT2D eigenvalue weighted by Crippen LogP contribution is -2.36. The van der Waals surface area contributed by atoms with Gasteiger partial charge < -0.3 is 9.73 Å². The van der Waals surface area contributed by atoms with Gasteiger partial charge in [0.15, 0.2) is 0 Å². The Labute approximate surface area is 188 Å². The van der Waals surface area contributed by atoms with Crippen molar-refractivity contribution in [3.63, 3.8) is 0 Å². The van der Waals surface area contributed by atoms with E-state index in [4.69, 9.17) is 4.42 Å². The topological polar surface area (TPSA) is 79.6 Å². The molecule has 2 heterocycles. The van der Waals surface area contributed by atoms with Gasteiger partial charge in [0.2, 0.25) is 5.91 Å². The average molecular weight is 450 g/mol. The molecule has 3 amide bonds. The zero-order chi connectivity index (χ0) is 22.7. The minimum absolute atomic E-state index is 0.162. The number of hydrogen-bond acceptors (Lipinski definition) is 5. The number of thioether (sulfide) groups is 1. The quantitative estimate of drug-likeness (QED) is 0.514. The van der Waals surface area contributed by atoms with Gasteiger partial charge >= 0.3 is 0 Å². The predicted molar refractivity (Wildman–Crippen MR) is 121 cm³/mol. The summed E-state index contributed by atoms with van der Waals surface area (Å²) >= 11 is 0.746. The minimum atomic E-state index is -0.559. The van der Waals surface area contributed by atoms with Crippen molar-refractivity contribution in [1.82, 2.24) is 4.90 Å². The molecule has 0 saturated carbocycles. The van der Waals surface area contributed by atoms with Crippen molar-refractivity contribution >= 4 is 40.6 Å². The molecule has 1 fully saturated rings. The van der Waals surface area contributed by atoms with E-state index in [1.165, 1.54) is 18.2 Å². The lowest BCUT2D eigenvalue weighted by atomic mass is 10.1. The highest BCUT2D eigenvalue weighted by atomic mass is 32.2. The molecule has 2 aromatic carbocycles. The molecule has 4 rings (SSSR count). The van der Waals surface area contributed by atoms with Gasteiger partial charge in [-0.15, -0.1) is 0 Å². The first-order valence-electron chi connectivity index (χ1n) is 9.93. The number of imide groups is 1. The van der Waals surface area contributed by atoms with Gasteiger partial charge in [0.25, 0.3) is 11.1 Å². The SMILES string of the molecule is CCc1ccc(NC(=O)CN2C(=O)S/C(=C/c3ccc(-c4ccc(F)cc4)o3)C2=O)cc1. The lowest BCUT2D eigenvalue weighted by Gasteiger charge is -2.12. The standard InChI is InChI=1S/C24H19FN2O4S/c1-2-15-3-9-18(10-4-15)26-22(28)14-27-23(29)21(32-24(27)30)13-19-11-12-20(31-19)16-5-7-17(25)8-6-16/h3-13H,2,14H2,1H3,(H,26,28)/b21-13+. The number of benzene rings is 2. The number of anilines is 1. The van der Waals surface area contributed by atoms with E-state index in [2.05, 4.69) is 5.32 Å². The highest BCUT2D eigenvalue weighted by Crippen LogP contribution is 2.33. The molecule has 1 saturated heterocycles. The fourth-order valence-corrected chi connectivity index (χ4v) is 3.95. The number of hydrogen-bond donors (Lipinski definition) is 1. The van der Waals surface area contributed by atoms with E-state index >= 15 is 0 Å². The number of aryl methyl sites for hydroxylation is 1. The van der Waals surface area contributed by atoms with Crippen molar-refractivity contribution in [2.75, 3.05) is 11.9 Å². The predicted octanol–water partition coefficient (Wildman–Crippen LogP) is 5.32. The zero-order valence-corrected chi connectivity index (χ0v) is 17.9. The molecule has 162 valence electrons. The van der Waals surface area contributed by atoms with Crippen LogP contribution in [0.2, 0.25) is 0 Å². The van der Waals surface area contributed by atoms with E-state index < -0.39 is 17.1 Å². The lowest BCUT2D eigenvalue weighted by molar-refractivity contribution is -0.127. The van der Waals surface area contributed by atoms with Crippen molar-refractivity contribution in [3.05, 3.63) is 82.7 Å². The van der Waals surface area contributed by atoms with Gasteiger partial charge in [-0.25, -0.2) is 4.39 Å². The summed E-state index contributed by atoms with van der Waals surface area (Å²) in [6, 6.07) is 16.5. The number of amides is 3. The Morgan fingerprint density at radius 2 is 1.78 bits per heavy atom. The van der Waals surface area contributed by atoms with Crippen molar-refractivity contribution in [3.8, 4) is 11.3 Å². The van der Waals surface area contributed by atoms with E-state index in [1.807, 2.05) is 19.1 Å². The van der Waals surface area contributed by atoms with Crippen LogP contribution in [0.3, 0.4) is 0 Å². The summed E-state index contributed by atoms with van der Waals surface area (Å²) in [7, 11) is 0. The van der Waals surface area contributed by atoms with Crippen LogP contribution in [0.25, 0.3) is 17.4 Å². The Balaban J connectivity index is 1.42. The Hall–Kier alpha value is -3.65. The maximum absolute atomic E-state index is 13.1. The van der Waals surface area contributed by atoms with Crippen LogP contribution in [0.5, 0.6) is 0 Å². The van der Waals surface area contributed by atoms with Crippen molar-refractivity contribution in [1.29, 1.82) is 0 Å². The number of nitrogens with zero attached hydrogens (tertiary/aromatic N) is 1. The average Bonchev–Trinajstić information content (AvgIpc) is 3.35. The molecule has 1 N–H and O–H groups in total. The summed E-state index contributed by atoms with van der Waals surface area (Å²) in [4.78, 5) is 38.3. The van der Waals surface area contributed by atoms with E-state index in [0.29, 0.717) is 22.8 Å². The summed E-state index contributed by atoms with van der Waals surface area (Å²) in [6.07, 6.45) is 2.34. The zero-order valence-electron chi connectivity index (χ0n) is 17.1. The van der Waals surface area contributed by atoms with Crippen molar-refractivity contribution < 1.29 is 23.2 Å². The molecule has 32 heavy (non-hydrogen) atoms. The highest BCUT2D eigenvalue weighted by molar-refractivity contribution is 8.18. The second-order valence-electron chi connectivity index (χ2n) is 7.08. The molecule has 3 aromatic rings. The molecule has 8 heteroatoms. The molecule has 1 aromatic heterocycles. The van der Waals surface area contributed by atoms with E-state index in [-0.39, 0.29) is 17.3 Å². The van der Waals surface area contributed by atoms with Crippen LogP contribution in [0.15, 0.2) is 70.0 Å². The van der Waals surface area contributed by atoms with Gasteiger partial charge in [0.05, 0.1) is 4.91 Å². The van der Waals surface area contributed by atoms with Crippen LogP contribution in [-0.4, -0.2) is 28.5 Å². The molecule has 0 unspecified atom stereocenters. The maximum atomic E-state index is 13.1. The fourth-order valence-electron chi connectivity index (χ4n) is 3.13. The van der Waals surface area contributed by atoms with Gasteiger partial charge in [-0.1, -0.05) is 19.1 Å². The van der Waals surface area contributed by atoms with Crippen molar-refractivity contribution in [2.45, 2.75) is 13.3 Å². The Morgan fingerprint density at radius 3 is 2.47 bits per heavy atom. The van der Waals surface area contributed by atoms with Crippen molar-refractivity contribution in [2.24, 2.45) is 0 Å². The number of furan rings is 1. The first-order chi connectivity index (χ1) is 15.4. The van der Waals surface area contributed by atoms with Crippen LogP contribution < -0.4 is 5.32 Å². The second-order valence-corrected chi connectivity index (χ2v) is 8.07. The summed E-state index contributed by atoms with van der Waals surface area (Å²) in [5.74, 6) is -0.499. The maximum Gasteiger partial charge on any atom is 0.294 e. The molecule has 0 radical (unpaired) electrons. The Kier molecular flexibility index (Phi) is 6.23. The summed E-state index contributed by atoms with van der Waals surface area (Å²) in [6.45, 7) is 1.66. The molecule has 0 aliphatic carbocycles.